The lowest BCUT2D eigenvalue weighted by atomic mass is 10.2. The van der Waals surface area contributed by atoms with Crippen molar-refractivity contribution in [3.8, 4) is 11.6 Å². The van der Waals surface area contributed by atoms with E-state index in [-0.39, 0.29) is 11.6 Å². The largest absolute Gasteiger partial charge is 0.434 e. The topological polar surface area (TPSA) is 48.1 Å². The number of nitrogens with zero attached hydrogens (tertiary/aromatic N) is 1. The number of pyridine rings is 1. The van der Waals surface area contributed by atoms with Gasteiger partial charge in [-0.05, 0) is 30.7 Å². The second-order valence-electron chi connectivity index (χ2n) is 3.53. The molecule has 2 N–H and O–H groups in total. The van der Waals surface area contributed by atoms with E-state index in [0.29, 0.717) is 10.7 Å². The molecule has 0 saturated heterocycles. The number of nitrogens with two attached hydrogens (primary N) is 1. The molecule has 2 aromatic rings. The van der Waals surface area contributed by atoms with Gasteiger partial charge < -0.3 is 10.5 Å². The molecule has 88 valence electrons. The van der Waals surface area contributed by atoms with Crippen molar-refractivity contribution in [2.75, 3.05) is 5.73 Å². The van der Waals surface area contributed by atoms with Gasteiger partial charge in [0.1, 0.15) is 5.02 Å². The highest BCUT2D eigenvalue weighted by atomic mass is 35.5. The van der Waals surface area contributed by atoms with E-state index in [2.05, 4.69) is 4.98 Å². The molecular weight excluding hydrogens is 243 g/mol. The van der Waals surface area contributed by atoms with Crippen molar-refractivity contribution < 1.29 is 9.13 Å². The fourth-order valence-electron chi connectivity index (χ4n) is 1.30. The molecule has 1 aromatic carbocycles. The van der Waals surface area contributed by atoms with Crippen LogP contribution >= 0.6 is 11.6 Å². The maximum absolute atomic E-state index is 13.6. The number of aryl methyl sites for hydroxylation is 1. The van der Waals surface area contributed by atoms with Gasteiger partial charge in [0, 0.05) is 18.0 Å². The Morgan fingerprint density at radius 3 is 2.88 bits per heavy atom. The van der Waals surface area contributed by atoms with E-state index in [0.717, 1.165) is 5.56 Å². The van der Waals surface area contributed by atoms with Crippen LogP contribution in [0.5, 0.6) is 11.6 Å². The van der Waals surface area contributed by atoms with Gasteiger partial charge in [-0.2, -0.15) is 0 Å². The number of benzene rings is 1. The number of halogens is 2. The van der Waals surface area contributed by atoms with Crippen molar-refractivity contribution >= 4 is 17.3 Å². The first-order chi connectivity index (χ1) is 8.08. The van der Waals surface area contributed by atoms with E-state index in [1.165, 1.54) is 18.3 Å². The Morgan fingerprint density at radius 1 is 1.41 bits per heavy atom. The standard InChI is InChI=1S/C12H10ClFN2O/c1-7-5-11(9(14)6-10(7)15)17-12-8(13)3-2-4-16-12/h2-6H,15H2,1H3. The lowest BCUT2D eigenvalue weighted by Crippen LogP contribution is -1.96. The molecule has 0 radical (unpaired) electrons. The van der Waals surface area contributed by atoms with Crippen LogP contribution in [0, 0.1) is 12.7 Å². The molecule has 0 fully saturated rings. The van der Waals surface area contributed by atoms with Gasteiger partial charge in [0.25, 0.3) is 0 Å². The SMILES string of the molecule is Cc1cc(Oc2ncccc2Cl)c(F)cc1N. The second kappa shape index (κ2) is 4.59. The van der Waals surface area contributed by atoms with Gasteiger partial charge in [-0.25, -0.2) is 9.37 Å². The van der Waals surface area contributed by atoms with Crippen molar-refractivity contribution in [1.82, 2.24) is 4.98 Å². The Balaban J connectivity index is 2.37. The maximum Gasteiger partial charge on any atom is 0.238 e. The zero-order chi connectivity index (χ0) is 12.4. The summed E-state index contributed by atoms with van der Waals surface area (Å²) in [6.45, 7) is 1.77. The van der Waals surface area contributed by atoms with E-state index in [9.17, 15) is 4.39 Å². The zero-order valence-corrected chi connectivity index (χ0v) is 9.83. The van der Waals surface area contributed by atoms with E-state index in [4.69, 9.17) is 22.1 Å². The van der Waals surface area contributed by atoms with Crippen LogP contribution < -0.4 is 10.5 Å². The second-order valence-corrected chi connectivity index (χ2v) is 3.94. The van der Waals surface area contributed by atoms with E-state index < -0.39 is 5.82 Å². The lowest BCUT2D eigenvalue weighted by molar-refractivity contribution is 0.427. The molecule has 1 aromatic heterocycles. The molecule has 0 aliphatic rings. The zero-order valence-electron chi connectivity index (χ0n) is 9.08. The van der Waals surface area contributed by atoms with Crippen LogP contribution in [0.15, 0.2) is 30.5 Å². The number of aromatic nitrogens is 1. The van der Waals surface area contributed by atoms with Gasteiger partial charge in [0.05, 0.1) is 0 Å². The summed E-state index contributed by atoms with van der Waals surface area (Å²) in [4.78, 5) is 3.91. The lowest BCUT2D eigenvalue weighted by Gasteiger charge is -2.09. The molecule has 5 heteroatoms. The first-order valence-electron chi connectivity index (χ1n) is 4.92. The van der Waals surface area contributed by atoms with Crippen LogP contribution in [0.2, 0.25) is 5.02 Å². The number of ether oxygens (including phenoxy) is 1. The molecule has 3 nitrogen and oxygen atoms in total. The number of rotatable bonds is 2. The fraction of sp³-hybridized carbons (Fsp3) is 0.0833. The summed E-state index contributed by atoms with van der Waals surface area (Å²) in [5, 5.41) is 0.321. The Bertz CT molecular complexity index is 560. The smallest absolute Gasteiger partial charge is 0.238 e. The molecular formula is C12H10ClFN2O. The van der Waals surface area contributed by atoms with Crippen LogP contribution in [0.4, 0.5) is 10.1 Å². The van der Waals surface area contributed by atoms with Crippen LogP contribution in [0.1, 0.15) is 5.56 Å². The summed E-state index contributed by atoms with van der Waals surface area (Å²) in [7, 11) is 0. The Morgan fingerprint density at radius 2 is 2.18 bits per heavy atom. The number of hydrogen-bond acceptors (Lipinski definition) is 3. The van der Waals surface area contributed by atoms with Crippen molar-refractivity contribution in [3.05, 3.63) is 46.9 Å². The minimum absolute atomic E-state index is 0.0531. The normalized spacial score (nSPS) is 10.3. The van der Waals surface area contributed by atoms with E-state index in [1.54, 1.807) is 19.1 Å². The van der Waals surface area contributed by atoms with Crippen molar-refractivity contribution in [2.45, 2.75) is 6.92 Å². The third kappa shape index (κ3) is 2.47. The summed E-state index contributed by atoms with van der Waals surface area (Å²) in [6, 6.07) is 6.00. The minimum atomic E-state index is -0.546. The van der Waals surface area contributed by atoms with Gasteiger partial charge in [-0.15, -0.1) is 0 Å². The predicted molar refractivity (Wildman–Crippen MR) is 64.9 cm³/mol. The highest BCUT2D eigenvalue weighted by Crippen LogP contribution is 2.30. The average Bonchev–Trinajstić information content (AvgIpc) is 2.29. The van der Waals surface area contributed by atoms with Crippen LogP contribution in [-0.4, -0.2) is 4.98 Å². The predicted octanol–water partition coefficient (Wildman–Crippen LogP) is 3.56. The molecule has 2 rings (SSSR count). The summed E-state index contributed by atoms with van der Waals surface area (Å²) in [5.74, 6) is -0.329. The van der Waals surface area contributed by atoms with Crippen LogP contribution in [0.25, 0.3) is 0 Å². The Kier molecular flexibility index (Phi) is 3.15. The molecule has 0 spiro atoms. The van der Waals surface area contributed by atoms with Crippen molar-refractivity contribution in [1.29, 1.82) is 0 Å². The molecule has 0 bridgehead atoms. The molecule has 0 amide bonds. The molecule has 0 saturated carbocycles. The average molecular weight is 253 g/mol. The van der Waals surface area contributed by atoms with Gasteiger partial charge in [0.2, 0.25) is 5.88 Å². The highest BCUT2D eigenvalue weighted by molar-refractivity contribution is 6.31. The third-order valence-electron chi connectivity index (χ3n) is 2.25. The Hall–Kier alpha value is -1.81. The summed E-state index contributed by atoms with van der Waals surface area (Å²) >= 11 is 5.86. The van der Waals surface area contributed by atoms with Crippen molar-refractivity contribution in [3.63, 3.8) is 0 Å². The van der Waals surface area contributed by atoms with Crippen molar-refractivity contribution in [2.24, 2.45) is 0 Å². The minimum Gasteiger partial charge on any atom is -0.434 e. The third-order valence-corrected chi connectivity index (χ3v) is 2.54. The van der Waals surface area contributed by atoms with E-state index >= 15 is 0 Å². The number of anilines is 1. The Labute approximate surface area is 103 Å². The molecule has 0 aliphatic carbocycles. The summed E-state index contributed by atoms with van der Waals surface area (Å²) < 4.78 is 18.9. The van der Waals surface area contributed by atoms with Gasteiger partial charge in [0.15, 0.2) is 11.6 Å². The summed E-state index contributed by atoms with van der Waals surface area (Å²) in [6.07, 6.45) is 1.52. The highest BCUT2D eigenvalue weighted by Gasteiger charge is 2.10. The number of nitrogen functional groups attached to an aromatic ring is 1. The fourth-order valence-corrected chi connectivity index (χ4v) is 1.46. The van der Waals surface area contributed by atoms with Gasteiger partial charge >= 0.3 is 0 Å². The first kappa shape index (κ1) is 11.7. The van der Waals surface area contributed by atoms with Gasteiger partial charge in [-0.3, -0.25) is 0 Å². The maximum atomic E-state index is 13.6. The quantitative estimate of drug-likeness (QED) is 0.832. The van der Waals surface area contributed by atoms with Gasteiger partial charge in [-0.1, -0.05) is 11.6 Å². The molecule has 17 heavy (non-hydrogen) atoms. The first-order valence-corrected chi connectivity index (χ1v) is 5.29. The van der Waals surface area contributed by atoms with Crippen LogP contribution in [-0.2, 0) is 0 Å². The molecule has 1 heterocycles. The summed E-state index contributed by atoms with van der Waals surface area (Å²) in [5.41, 5.74) is 6.68. The monoisotopic (exact) mass is 252 g/mol. The number of hydrogen-bond donors (Lipinski definition) is 1. The molecule has 0 atom stereocenters. The molecule has 0 unspecified atom stereocenters. The van der Waals surface area contributed by atoms with E-state index in [1.807, 2.05) is 0 Å². The van der Waals surface area contributed by atoms with Crippen LogP contribution in [0.3, 0.4) is 0 Å². The molecule has 0 aliphatic heterocycles.